The first kappa shape index (κ1) is 39.8. The van der Waals surface area contributed by atoms with E-state index in [1.54, 1.807) is 12.1 Å². The van der Waals surface area contributed by atoms with Crippen molar-refractivity contribution in [3.8, 4) is 85.1 Å². The van der Waals surface area contributed by atoms with Crippen molar-refractivity contribution in [1.29, 1.82) is 5.26 Å². The van der Waals surface area contributed by atoms with Crippen LogP contribution >= 0.6 is 0 Å². The molecule has 0 saturated carbocycles. The van der Waals surface area contributed by atoms with Crippen molar-refractivity contribution in [1.82, 2.24) is 15.0 Å². The molecule has 2 aliphatic rings. The Kier molecular flexibility index (Phi) is 9.37. The minimum absolute atomic E-state index is 0.177. The van der Waals surface area contributed by atoms with Crippen LogP contribution in [0.1, 0.15) is 52.8 Å². The second kappa shape index (κ2) is 15.8. The maximum absolute atomic E-state index is 9.55. The number of nitriles is 1. The smallest absolute Gasteiger partial charge is 0.164 e. The third-order valence-electron chi connectivity index (χ3n) is 13.7. The number of hydrogen-bond acceptors (Lipinski definition) is 5. The predicted molar refractivity (Wildman–Crippen MR) is 268 cm³/mol. The lowest BCUT2D eigenvalue weighted by molar-refractivity contribution is 0.435. The van der Waals surface area contributed by atoms with Gasteiger partial charge in [0.05, 0.1) is 17.0 Å². The third kappa shape index (κ3) is 6.57. The van der Waals surface area contributed by atoms with Crippen LogP contribution in [0.3, 0.4) is 0 Å². The number of fused-ring (bicyclic) bond motifs is 5. The Morgan fingerprint density at radius 1 is 0.373 bits per heavy atom. The van der Waals surface area contributed by atoms with Gasteiger partial charge in [-0.1, -0.05) is 178 Å². The average Bonchev–Trinajstić information content (AvgIpc) is 3.63. The van der Waals surface area contributed by atoms with E-state index >= 15 is 0 Å². The first-order chi connectivity index (χ1) is 32.9. The molecule has 0 atom stereocenters. The fourth-order valence-corrected chi connectivity index (χ4v) is 10.4. The molecule has 0 spiro atoms. The lowest BCUT2D eigenvalue weighted by atomic mass is 9.63. The van der Waals surface area contributed by atoms with E-state index in [1.807, 2.05) is 18.2 Å². The van der Waals surface area contributed by atoms with Gasteiger partial charge in [-0.05, 0) is 110 Å². The summed E-state index contributed by atoms with van der Waals surface area (Å²) in [5, 5.41) is 9.55. The van der Waals surface area contributed by atoms with E-state index in [0.29, 0.717) is 23.0 Å². The van der Waals surface area contributed by atoms with Crippen molar-refractivity contribution in [2.45, 2.75) is 24.7 Å². The van der Waals surface area contributed by atoms with Crippen LogP contribution in [-0.2, 0) is 10.8 Å². The first-order valence-corrected chi connectivity index (χ1v) is 22.6. The molecule has 316 valence electrons. The van der Waals surface area contributed by atoms with Gasteiger partial charge in [-0.15, -0.1) is 0 Å². The molecule has 10 aromatic rings. The summed E-state index contributed by atoms with van der Waals surface area (Å²) in [5.41, 5.74) is 16.3. The summed E-state index contributed by atoms with van der Waals surface area (Å²) in [6.45, 7) is 4.56. The van der Waals surface area contributed by atoms with Gasteiger partial charge < -0.3 is 4.74 Å². The lowest BCUT2D eigenvalue weighted by Gasteiger charge is -2.41. The first-order valence-electron chi connectivity index (χ1n) is 22.6. The second-order valence-corrected chi connectivity index (χ2v) is 17.9. The van der Waals surface area contributed by atoms with Gasteiger partial charge in [0, 0.05) is 33.2 Å². The predicted octanol–water partition coefficient (Wildman–Crippen LogP) is 14.9. The maximum Gasteiger partial charge on any atom is 0.164 e. The van der Waals surface area contributed by atoms with Crippen LogP contribution in [0.25, 0.3) is 67.5 Å². The Bertz CT molecular complexity index is 3550. The van der Waals surface area contributed by atoms with E-state index in [1.165, 1.54) is 33.4 Å². The van der Waals surface area contributed by atoms with Gasteiger partial charge in [-0.3, -0.25) is 0 Å². The number of aromatic nitrogens is 3. The zero-order chi connectivity index (χ0) is 45.1. The zero-order valence-corrected chi connectivity index (χ0v) is 37.0. The molecule has 2 heterocycles. The van der Waals surface area contributed by atoms with Gasteiger partial charge in [0.25, 0.3) is 0 Å². The highest BCUT2D eigenvalue weighted by molar-refractivity contribution is 5.84. The Balaban J connectivity index is 0.939. The topological polar surface area (TPSA) is 71.7 Å². The van der Waals surface area contributed by atoms with Gasteiger partial charge in [-0.25, -0.2) is 15.0 Å². The summed E-state index contributed by atoms with van der Waals surface area (Å²) in [7, 11) is 0. The molecule has 1 aliphatic carbocycles. The highest BCUT2D eigenvalue weighted by Gasteiger charge is 2.45. The molecule has 67 heavy (non-hydrogen) atoms. The van der Waals surface area contributed by atoms with Gasteiger partial charge in [0.2, 0.25) is 0 Å². The maximum atomic E-state index is 9.55. The fourth-order valence-electron chi connectivity index (χ4n) is 10.4. The molecule has 0 saturated heterocycles. The molecule has 0 N–H and O–H groups in total. The van der Waals surface area contributed by atoms with Crippen LogP contribution in [0.15, 0.2) is 218 Å². The van der Waals surface area contributed by atoms with Crippen molar-refractivity contribution in [2.24, 2.45) is 0 Å². The standard InChI is InChI=1S/C62H42N4O/c1-61(2)52-24-10-9-23-50(52)51-33-31-47(37-55(51)61)60-65-58(41-29-27-40(39-63)28-30-41)64-59(66-60)46-18-14-17-44(36-46)42-15-13-16-43(35-42)45-32-34-54-57(38-45)67-56-26-12-11-25-53(56)62(54,48-19-5-3-6-20-48)49-21-7-4-8-22-49/h3-38H,1-2H3. The molecular weight excluding hydrogens is 817 g/mol. The Hall–Kier alpha value is -8.72. The van der Waals surface area contributed by atoms with Crippen molar-refractivity contribution < 1.29 is 4.74 Å². The summed E-state index contributed by atoms with van der Waals surface area (Å²) < 4.78 is 6.83. The summed E-state index contributed by atoms with van der Waals surface area (Å²) >= 11 is 0. The number of ether oxygens (including phenoxy) is 1. The molecule has 1 aliphatic heterocycles. The number of rotatable bonds is 7. The monoisotopic (exact) mass is 858 g/mol. The molecule has 12 rings (SSSR count). The Labute approximate surface area is 390 Å². The highest BCUT2D eigenvalue weighted by atomic mass is 16.5. The summed E-state index contributed by atoms with van der Waals surface area (Å²) in [6, 6.07) is 78.5. The van der Waals surface area contributed by atoms with Crippen LogP contribution < -0.4 is 4.74 Å². The second-order valence-electron chi connectivity index (χ2n) is 17.9. The number of hydrogen-bond donors (Lipinski definition) is 0. The number of benzene rings is 9. The van der Waals surface area contributed by atoms with Crippen molar-refractivity contribution >= 4 is 0 Å². The molecule has 9 aromatic carbocycles. The third-order valence-corrected chi connectivity index (χ3v) is 13.7. The van der Waals surface area contributed by atoms with E-state index < -0.39 is 5.41 Å². The van der Waals surface area contributed by atoms with E-state index in [-0.39, 0.29) is 5.41 Å². The minimum Gasteiger partial charge on any atom is -0.457 e. The van der Waals surface area contributed by atoms with Crippen LogP contribution in [0.5, 0.6) is 11.5 Å². The minimum atomic E-state index is -0.578. The fraction of sp³-hybridized carbons (Fsp3) is 0.0645. The largest absolute Gasteiger partial charge is 0.457 e. The van der Waals surface area contributed by atoms with E-state index in [4.69, 9.17) is 19.7 Å². The molecule has 1 aromatic heterocycles. The van der Waals surface area contributed by atoms with Gasteiger partial charge in [0.15, 0.2) is 17.5 Å². The normalized spacial score (nSPS) is 13.6. The molecule has 0 unspecified atom stereocenters. The molecule has 0 bridgehead atoms. The van der Waals surface area contributed by atoms with Crippen molar-refractivity contribution in [2.75, 3.05) is 0 Å². The van der Waals surface area contributed by atoms with Crippen LogP contribution in [-0.4, -0.2) is 15.0 Å². The van der Waals surface area contributed by atoms with Crippen molar-refractivity contribution in [3.63, 3.8) is 0 Å². The summed E-state index contributed by atoms with van der Waals surface area (Å²) in [5.74, 6) is 3.38. The zero-order valence-electron chi connectivity index (χ0n) is 37.0. The van der Waals surface area contributed by atoms with E-state index in [2.05, 4.69) is 208 Å². The molecule has 0 amide bonds. The molecular formula is C62H42N4O. The molecule has 0 radical (unpaired) electrons. The lowest BCUT2D eigenvalue weighted by Crippen LogP contribution is -2.34. The van der Waals surface area contributed by atoms with E-state index in [9.17, 15) is 5.26 Å². The van der Waals surface area contributed by atoms with Gasteiger partial charge >= 0.3 is 0 Å². The SMILES string of the molecule is CC1(C)c2ccccc2-c2ccc(-c3nc(-c4ccc(C#N)cc4)nc(-c4cccc(-c5cccc(-c6ccc7c(c6)Oc6ccccc6C7(c6ccccc6)c6ccccc6)c5)c4)n3)cc21. The molecule has 0 fully saturated rings. The Morgan fingerprint density at radius 3 is 1.51 bits per heavy atom. The van der Waals surface area contributed by atoms with Crippen LogP contribution in [0.4, 0.5) is 0 Å². The quantitative estimate of drug-likeness (QED) is 0.160. The van der Waals surface area contributed by atoms with E-state index in [0.717, 1.165) is 61.6 Å². The van der Waals surface area contributed by atoms with Crippen LogP contribution in [0.2, 0.25) is 0 Å². The van der Waals surface area contributed by atoms with Crippen molar-refractivity contribution in [3.05, 3.63) is 257 Å². The summed E-state index contributed by atoms with van der Waals surface area (Å²) in [4.78, 5) is 15.3. The Morgan fingerprint density at radius 2 is 0.851 bits per heavy atom. The van der Waals surface area contributed by atoms with Crippen LogP contribution in [0, 0.1) is 11.3 Å². The molecule has 5 heteroatoms. The number of nitrogens with zero attached hydrogens (tertiary/aromatic N) is 4. The van der Waals surface area contributed by atoms with Gasteiger partial charge in [-0.2, -0.15) is 5.26 Å². The number of para-hydroxylation sites is 1. The average molecular weight is 859 g/mol. The summed E-state index contributed by atoms with van der Waals surface area (Å²) in [6.07, 6.45) is 0. The van der Waals surface area contributed by atoms with Gasteiger partial charge in [0.1, 0.15) is 11.5 Å². The molecule has 5 nitrogen and oxygen atoms in total. The highest BCUT2D eigenvalue weighted by Crippen LogP contribution is 2.56.